The second-order valence-electron chi connectivity index (χ2n) is 3.25. The number of halogens is 1. The van der Waals surface area contributed by atoms with E-state index in [1.54, 1.807) is 11.8 Å². The fourth-order valence-corrected chi connectivity index (χ4v) is 3.53. The largest absolute Gasteiger partial charge is 0.399 e. The van der Waals surface area contributed by atoms with Crippen LogP contribution in [0.5, 0.6) is 0 Å². The molecular weight excluding hydrogens is 306 g/mol. The van der Waals surface area contributed by atoms with Crippen molar-refractivity contribution in [3.63, 3.8) is 0 Å². The lowest BCUT2D eigenvalue weighted by Gasteiger charge is -2.03. The summed E-state index contributed by atoms with van der Waals surface area (Å²) in [5.41, 5.74) is 7.67. The summed E-state index contributed by atoms with van der Waals surface area (Å²) >= 11 is 6.63. The highest BCUT2D eigenvalue weighted by atomic mass is 79.9. The fraction of sp³-hybridized carbons (Fsp3) is 0.200. The first kappa shape index (κ1) is 11.9. The topological polar surface area (TPSA) is 51.8 Å². The van der Waals surface area contributed by atoms with Crippen molar-refractivity contribution >= 4 is 44.9 Å². The third-order valence-electron chi connectivity index (χ3n) is 1.94. The zero-order valence-corrected chi connectivity index (χ0v) is 11.8. The van der Waals surface area contributed by atoms with Gasteiger partial charge in [0.15, 0.2) is 4.34 Å². The molecule has 1 aromatic carbocycles. The Morgan fingerprint density at radius 2 is 2.31 bits per heavy atom. The zero-order valence-electron chi connectivity index (χ0n) is 8.61. The molecule has 2 rings (SSSR count). The van der Waals surface area contributed by atoms with E-state index in [0.717, 1.165) is 26.1 Å². The Kier molecular flexibility index (Phi) is 3.83. The van der Waals surface area contributed by atoms with E-state index >= 15 is 0 Å². The van der Waals surface area contributed by atoms with Crippen LogP contribution in [0.15, 0.2) is 27.0 Å². The molecule has 0 fully saturated rings. The van der Waals surface area contributed by atoms with E-state index in [1.807, 2.05) is 25.1 Å². The Bertz CT molecular complexity index is 499. The SMILES string of the molecule is Cc1nsc(SCc2ccc(N)cc2Br)n1. The number of nitrogen functional groups attached to an aromatic ring is 1. The van der Waals surface area contributed by atoms with Gasteiger partial charge in [0.25, 0.3) is 0 Å². The molecule has 1 heterocycles. The molecule has 84 valence electrons. The minimum Gasteiger partial charge on any atom is -0.399 e. The van der Waals surface area contributed by atoms with Gasteiger partial charge < -0.3 is 5.73 Å². The molecule has 3 nitrogen and oxygen atoms in total. The first-order chi connectivity index (χ1) is 7.65. The minimum atomic E-state index is 0.771. The number of anilines is 1. The lowest BCUT2D eigenvalue weighted by atomic mass is 10.2. The van der Waals surface area contributed by atoms with E-state index in [-0.39, 0.29) is 0 Å². The van der Waals surface area contributed by atoms with Crippen LogP contribution in [0.1, 0.15) is 11.4 Å². The number of aromatic nitrogens is 2. The molecular formula is C10H10BrN3S2. The second-order valence-corrected chi connectivity index (χ2v) is 6.08. The van der Waals surface area contributed by atoms with Crippen LogP contribution in [0.4, 0.5) is 5.69 Å². The summed E-state index contributed by atoms with van der Waals surface area (Å²) in [6, 6.07) is 5.85. The van der Waals surface area contributed by atoms with Crippen molar-refractivity contribution in [1.82, 2.24) is 9.36 Å². The standard InChI is InChI=1S/C10H10BrN3S2/c1-6-13-10(16-14-6)15-5-7-2-3-8(12)4-9(7)11/h2-4H,5,12H2,1H3. The van der Waals surface area contributed by atoms with E-state index in [9.17, 15) is 0 Å². The van der Waals surface area contributed by atoms with Crippen molar-refractivity contribution in [1.29, 1.82) is 0 Å². The highest BCUT2D eigenvalue weighted by molar-refractivity contribution is 9.10. The van der Waals surface area contributed by atoms with E-state index < -0.39 is 0 Å². The summed E-state index contributed by atoms with van der Waals surface area (Å²) in [6.07, 6.45) is 0. The van der Waals surface area contributed by atoms with Gasteiger partial charge in [-0.2, -0.15) is 4.37 Å². The number of hydrogen-bond donors (Lipinski definition) is 1. The molecule has 0 unspecified atom stereocenters. The molecule has 0 aliphatic carbocycles. The predicted molar refractivity (Wildman–Crippen MR) is 72.8 cm³/mol. The van der Waals surface area contributed by atoms with Gasteiger partial charge in [-0.1, -0.05) is 33.8 Å². The first-order valence-electron chi connectivity index (χ1n) is 4.62. The third-order valence-corrected chi connectivity index (χ3v) is 4.65. The normalized spacial score (nSPS) is 10.6. The van der Waals surface area contributed by atoms with Gasteiger partial charge in [0.05, 0.1) is 0 Å². The van der Waals surface area contributed by atoms with Gasteiger partial charge >= 0.3 is 0 Å². The monoisotopic (exact) mass is 315 g/mol. The maximum atomic E-state index is 5.68. The van der Waals surface area contributed by atoms with Crippen LogP contribution < -0.4 is 5.73 Å². The number of nitrogens with two attached hydrogens (primary N) is 1. The average molecular weight is 316 g/mol. The van der Waals surface area contributed by atoms with Crippen molar-refractivity contribution < 1.29 is 0 Å². The van der Waals surface area contributed by atoms with E-state index in [2.05, 4.69) is 25.3 Å². The number of rotatable bonds is 3. The minimum absolute atomic E-state index is 0.771. The molecule has 1 aromatic heterocycles. The smallest absolute Gasteiger partial charge is 0.170 e. The lowest BCUT2D eigenvalue weighted by molar-refractivity contribution is 1.10. The Labute approximate surface area is 111 Å². The lowest BCUT2D eigenvalue weighted by Crippen LogP contribution is -1.88. The first-order valence-corrected chi connectivity index (χ1v) is 7.17. The molecule has 0 amide bonds. The molecule has 0 saturated heterocycles. The predicted octanol–water partition coefficient (Wildman–Crippen LogP) is 3.48. The highest BCUT2D eigenvalue weighted by Crippen LogP contribution is 2.28. The Balaban J connectivity index is 2.04. The van der Waals surface area contributed by atoms with Crippen LogP contribution in [0.3, 0.4) is 0 Å². The number of hydrogen-bond acceptors (Lipinski definition) is 5. The molecule has 6 heteroatoms. The summed E-state index contributed by atoms with van der Waals surface area (Å²) in [4.78, 5) is 4.30. The van der Waals surface area contributed by atoms with Gasteiger partial charge in [-0.25, -0.2) is 4.98 Å². The van der Waals surface area contributed by atoms with E-state index in [4.69, 9.17) is 5.73 Å². The summed E-state index contributed by atoms with van der Waals surface area (Å²) in [5, 5.41) is 0. The van der Waals surface area contributed by atoms with Crippen LogP contribution in [0.25, 0.3) is 0 Å². The number of thioether (sulfide) groups is 1. The van der Waals surface area contributed by atoms with Crippen LogP contribution in [0, 0.1) is 6.92 Å². The molecule has 16 heavy (non-hydrogen) atoms. The maximum Gasteiger partial charge on any atom is 0.170 e. The third kappa shape index (κ3) is 2.96. The Hall–Kier alpha value is -0.590. The number of aryl methyl sites for hydroxylation is 1. The van der Waals surface area contributed by atoms with Crippen LogP contribution in [0.2, 0.25) is 0 Å². The molecule has 0 atom stereocenters. The van der Waals surface area contributed by atoms with E-state index in [1.165, 1.54) is 17.1 Å². The van der Waals surface area contributed by atoms with Gasteiger partial charge in [-0.15, -0.1) is 0 Å². The molecule has 2 N–H and O–H groups in total. The molecule has 2 aromatic rings. The molecule has 0 saturated carbocycles. The summed E-state index contributed by atoms with van der Waals surface area (Å²) in [5.74, 6) is 1.71. The number of benzene rings is 1. The van der Waals surface area contributed by atoms with Gasteiger partial charge in [0, 0.05) is 15.9 Å². The number of nitrogens with zero attached hydrogens (tertiary/aromatic N) is 2. The Morgan fingerprint density at radius 3 is 2.94 bits per heavy atom. The average Bonchev–Trinajstić information content (AvgIpc) is 2.63. The summed E-state index contributed by atoms with van der Waals surface area (Å²) in [6.45, 7) is 1.90. The van der Waals surface area contributed by atoms with Gasteiger partial charge in [0.1, 0.15) is 5.82 Å². The molecule has 0 aliphatic rings. The van der Waals surface area contributed by atoms with Crippen LogP contribution in [-0.2, 0) is 5.75 Å². The summed E-state index contributed by atoms with van der Waals surface area (Å²) in [7, 11) is 0. The van der Waals surface area contributed by atoms with Crippen molar-refractivity contribution in [2.45, 2.75) is 17.0 Å². The molecule has 0 aliphatic heterocycles. The maximum absolute atomic E-state index is 5.68. The van der Waals surface area contributed by atoms with Crippen molar-refractivity contribution in [2.75, 3.05) is 5.73 Å². The van der Waals surface area contributed by atoms with E-state index in [0.29, 0.717) is 0 Å². The van der Waals surface area contributed by atoms with Crippen molar-refractivity contribution in [3.8, 4) is 0 Å². The van der Waals surface area contributed by atoms with Gasteiger partial charge in [-0.3, -0.25) is 0 Å². The second kappa shape index (κ2) is 5.16. The quantitative estimate of drug-likeness (QED) is 0.696. The highest BCUT2D eigenvalue weighted by Gasteiger charge is 2.04. The van der Waals surface area contributed by atoms with Crippen LogP contribution >= 0.6 is 39.2 Å². The zero-order chi connectivity index (χ0) is 11.5. The van der Waals surface area contributed by atoms with Crippen molar-refractivity contribution in [3.05, 3.63) is 34.1 Å². The van der Waals surface area contributed by atoms with Gasteiger partial charge in [-0.05, 0) is 36.2 Å². The molecule has 0 bridgehead atoms. The fourth-order valence-electron chi connectivity index (χ4n) is 1.16. The molecule has 0 spiro atoms. The summed E-state index contributed by atoms with van der Waals surface area (Å²) < 4.78 is 6.19. The van der Waals surface area contributed by atoms with Crippen LogP contribution in [-0.4, -0.2) is 9.36 Å². The van der Waals surface area contributed by atoms with Crippen molar-refractivity contribution in [2.24, 2.45) is 0 Å². The Morgan fingerprint density at radius 1 is 1.50 bits per heavy atom. The van der Waals surface area contributed by atoms with Gasteiger partial charge in [0.2, 0.25) is 0 Å². The molecule has 0 radical (unpaired) electrons.